The second-order valence-corrected chi connectivity index (χ2v) is 3.77. The van der Waals surface area contributed by atoms with E-state index in [9.17, 15) is 4.79 Å². The van der Waals surface area contributed by atoms with Gasteiger partial charge in [0.05, 0.1) is 0 Å². The minimum Gasteiger partial charge on any atom is -0.481 e. The lowest BCUT2D eigenvalue weighted by atomic mass is 10.4. The number of ether oxygens (including phenoxy) is 1. The number of carbonyl (C=O) groups excluding carboxylic acids is 1. The Morgan fingerprint density at radius 3 is 2.21 bits per heavy atom. The van der Waals surface area contributed by atoms with Gasteiger partial charge in [0, 0.05) is 19.7 Å². The molecule has 6 heteroatoms. The molecular formula is C8H14BrClO4. The molecule has 4 nitrogen and oxygen atoms in total. The van der Waals surface area contributed by atoms with E-state index >= 15 is 0 Å². The highest BCUT2D eigenvalue weighted by molar-refractivity contribution is 9.09. The number of halogens is 2. The molecule has 1 atom stereocenters. The van der Waals surface area contributed by atoms with Gasteiger partial charge in [-0.25, -0.2) is 0 Å². The van der Waals surface area contributed by atoms with Gasteiger partial charge in [-0.05, 0) is 28.8 Å². The van der Waals surface area contributed by atoms with Gasteiger partial charge in [-0.15, -0.1) is 11.6 Å². The molecular weight excluding hydrogens is 275 g/mol. The van der Waals surface area contributed by atoms with Crippen LogP contribution in [0.2, 0.25) is 0 Å². The molecule has 0 amide bonds. The molecule has 0 aliphatic rings. The maximum atomic E-state index is 10.3. The van der Waals surface area contributed by atoms with Crippen LogP contribution in [0.15, 0.2) is 0 Å². The number of hydrogen-bond acceptors (Lipinski definition) is 3. The zero-order valence-corrected chi connectivity index (χ0v) is 10.5. The van der Waals surface area contributed by atoms with E-state index in [2.05, 4.69) is 15.9 Å². The average Bonchev–Trinajstić information content (AvgIpc) is 1.98. The molecule has 0 fully saturated rings. The molecule has 0 spiro atoms. The van der Waals surface area contributed by atoms with Crippen LogP contribution in [0.25, 0.3) is 0 Å². The fourth-order valence-electron chi connectivity index (χ4n) is 0.477. The van der Waals surface area contributed by atoms with Crippen LogP contribution in [0.5, 0.6) is 0 Å². The normalized spacial score (nSPS) is 10.9. The number of carboxylic acid groups (broad SMARTS) is 1. The van der Waals surface area contributed by atoms with Crippen LogP contribution in [-0.4, -0.2) is 27.9 Å². The third-order valence-corrected chi connectivity index (χ3v) is 1.77. The molecule has 1 N–H and O–H groups in total. The number of esters is 1. The third-order valence-electron chi connectivity index (χ3n) is 0.859. The topological polar surface area (TPSA) is 63.6 Å². The van der Waals surface area contributed by atoms with E-state index in [1.54, 1.807) is 0 Å². The van der Waals surface area contributed by atoms with Gasteiger partial charge in [0.1, 0.15) is 0 Å². The lowest BCUT2D eigenvalue weighted by Gasteiger charge is -2.07. The Morgan fingerprint density at radius 2 is 1.93 bits per heavy atom. The molecule has 0 rings (SSSR count). The van der Waals surface area contributed by atoms with Crippen LogP contribution >= 0.6 is 27.5 Å². The van der Waals surface area contributed by atoms with Crippen molar-refractivity contribution < 1.29 is 19.4 Å². The molecule has 14 heavy (non-hydrogen) atoms. The minimum atomic E-state index is -0.833. The fraction of sp³-hybridized carbons (Fsp3) is 0.750. The van der Waals surface area contributed by atoms with E-state index in [1.807, 2.05) is 0 Å². The summed E-state index contributed by atoms with van der Waals surface area (Å²) in [5.74, 6) is -0.500. The monoisotopic (exact) mass is 288 g/mol. The van der Waals surface area contributed by atoms with Gasteiger partial charge in [0.2, 0.25) is 0 Å². The summed E-state index contributed by atoms with van der Waals surface area (Å²) in [6.45, 7) is 2.47. The lowest BCUT2D eigenvalue weighted by Crippen LogP contribution is -2.08. The number of hydrogen-bond donors (Lipinski definition) is 1. The molecule has 0 bridgehead atoms. The molecule has 0 saturated heterocycles. The van der Waals surface area contributed by atoms with Crippen LogP contribution in [0.1, 0.15) is 26.7 Å². The molecule has 0 aromatic rings. The first-order valence-electron chi connectivity index (χ1n) is 3.97. The van der Waals surface area contributed by atoms with Gasteiger partial charge >= 0.3 is 5.97 Å². The van der Waals surface area contributed by atoms with E-state index in [-0.39, 0.29) is 11.0 Å². The fourth-order valence-corrected chi connectivity index (χ4v) is 1.22. The van der Waals surface area contributed by atoms with Crippen molar-refractivity contribution in [3.63, 3.8) is 0 Å². The summed E-state index contributed by atoms with van der Waals surface area (Å²) in [4.78, 5) is 19.3. The third kappa shape index (κ3) is 22.6. The largest absolute Gasteiger partial charge is 0.481 e. The number of rotatable bonds is 4. The van der Waals surface area contributed by atoms with E-state index in [1.165, 1.54) is 6.92 Å². The standard InChI is InChI=1S/C6H10BrClO2.C2H4O2/c1-5(9)10-6(7)3-2-4-8;1-2(3)4/h6H,2-4H2,1H3;1H3,(H,3,4). The number of aliphatic carboxylic acids is 1. The molecule has 84 valence electrons. The van der Waals surface area contributed by atoms with Gasteiger partial charge in [0.15, 0.2) is 5.01 Å². The van der Waals surface area contributed by atoms with Crippen molar-refractivity contribution in [3.8, 4) is 0 Å². The van der Waals surface area contributed by atoms with Crippen molar-refractivity contribution in [2.75, 3.05) is 5.88 Å². The Kier molecular flexibility index (Phi) is 12.4. The first kappa shape index (κ1) is 16.2. The highest BCUT2D eigenvalue weighted by Crippen LogP contribution is 2.09. The van der Waals surface area contributed by atoms with Crippen molar-refractivity contribution in [1.29, 1.82) is 0 Å². The van der Waals surface area contributed by atoms with Gasteiger partial charge in [0.25, 0.3) is 5.97 Å². The lowest BCUT2D eigenvalue weighted by molar-refractivity contribution is -0.142. The van der Waals surface area contributed by atoms with Crippen LogP contribution in [-0.2, 0) is 14.3 Å². The molecule has 0 radical (unpaired) electrons. The number of carbonyl (C=O) groups is 2. The molecule has 0 heterocycles. The SMILES string of the molecule is CC(=O)O.CC(=O)OC(Br)CCCCl. The Labute approximate surface area is 96.7 Å². The quantitative estimate of drug-likeness (QED) is 0.637. The first-order chi connectivity index (χ1) is 6.40. The van der Waals surface area contributed by atoms with Crippen molar-refractivity contribution in [2.24, 2.45) is 0 Å². The van der Waals surface area contributed by atoms with Gasteiger partial charge in [-0.2, -0.15) is 0 Å². The molecule has 1 unspecified atom stereocenters. The predicted octanol–water partition coefficient (Wildman–Crippen LogP) is 2.38. The zero-order chi connectivity index (χ0) is 11.6. The summed E-state index contributed by atoms with van der Waals surface area (Å²) in [5, 5.41) is 7.24. The molecule has 0 aliphatic heterocycles. The number of alkyl halides is 2. The molecule has 0 saturated carbocycles. The van der Waals surface area contributed by atoms with E-state index in [4.69, 9.17) is 26.2 Å². The maximum Gasteiger partial charge on any atom is 0.303 e. The molecule has 0 aliphatic carbocycles. The smallest absolute Gasteiger partial charge is 0.303 e. The molecule has 0 aromatic carbocycles. The van der Waals surface area contributed by atoms with Crippen LogP contribution < -0.4 is 0 Å². The predicted molar refractivity (Wildman–Crippen MR) is 57.7 cm³/mol. The van der Waals surface area contributed by atoms with Crippen molar-refractivity contribution in [1.82, 2.24) is 0 Å². The van der Waals surface area contributed by atoms with Crippen LogP contribution in [0.3, 0.4) is 0 Å². The average molecular weight is 290 g/mol. The molecule has 0 aromatic heterocycles. The second-order valence-electron chi connectivity index (χ2n) is 2.37. The Balaban J connectivity index is 0. The maximum absolute atomic E-state index is 10.3. The number of carboxylic acids is 1. The van der Waals surface area contributed by atoms with Crippen LogP contribution in [0.4, 0.5) is 0 Å². The second kappa shape index (κ2) is 10.8. The Morgan fingerprint density at radius 1 is 1.50 bits per heavy atom. The van der Waals surface area contributed by atoms with Crippen molar-refractivity contribution >= 4 is 39.5 Å². The Bertz CT molecular complexity index is 171. The highest BCUT2D eigenvalue weighted by Gasteiger charge is 2.05. The van der Waals surface area contributed by atoms with Crippen molar-refractivity contribution in [3.05, 3.63) is 0 Å². The zero-order valence-electron chi connectivity index (χ0n) is 8.13. The van der Waals surface area contributed by atoms with E-state index < -0.39 is 5.97 Å². The van der Waals surface area contributed by atoms with E-state index in [0.717, 1.165) is 19.8 Å². The summed E-state index contributed by atoms with van der Waals surface area (Å²) in [6.07, 6.45) is 1.62. The highest BCUT2D eigenvalue weighted by atomic mass is 79.9. The summed E-state index contributed by atoms with van der Waals surface area (Å²) >= 11 is 8.60. The van der Waals surface area contributed by atoms with Crippen LogP contribution in [0, 0.1) is 0 Å². The summed E-state index contributed by atoms with van der Waals surface area (Å²) in [5.41, 5.74) is 0. The summed E-state index contributed by atoms with van der Waals surface area (Å²) < 4.78 is 4.77. The first-order valence-corrected chi connectivity index (χ1v) is 5.42. The van der Waals surface area contributed by atoms with E-state index in [0.29, 0.717) is 5.88 Å². The Hall–Kier alpha value is -0.290. The van der Waals surface area contributed by atoms with Crippen molar-refractivity contribution in [2.45, 2.75) is 31.7 Å². The summed E-state index contributed by atoms with van der Waals surface area (Å²) in [6, 6.07) is 0. The summed E-state index contributed by atoms with van der Waals surface area (Å²) in [7, 11) is 0. The van der Waals surface area contributed by atoms with Gasteiger partial charge < -0.3 is 9.84 Å². The minimum absolute atomic E-state index is 0.177. The van der Waals surface area contributed by atoms with Gasteiger partial charge in [-0.1, -0.05) is 0 Å². The van der Waals surface area contributed by atoms with Gasteiger partial charge in [-0.3, -0.25) is 9.59 Å².